The third kappa shape index (κ3) is 2.21. The van der Waals surface area contributed by atoms with Gasteiger partial charge in [-0.15, -0.1) is 0 Å². The zero-order chi connectivity index (χ0) is 11.9. The SMILES string of the molecule is CC1CC(C#N)(NC2CCCC2)CN1C1CC1. The molecule has 3 nitrogen and oxygen atoms in total. The molecular formula is C14H23N3. The van der Waals surface area contributed by atoms with Crippen molar-refractivity contribution < 1.29 is 0 Å². The van der Waals surface area contributed by atoms with Gasteiger partial charge in [0.05, 0.1) is 6.07 Å². The predicted molar refractivity (Wildman–Crippen MR) is 67.5 cm³/mol. The number of nitrogens with zero attached hydrogens (tertiary/aromatic N) is 2. The topological polar surface area (TPSA) is 39.1 Å². The van der Waals surface area contributed by atoms with E-state index in [-0.39, 0.29) is 5.54 Å². The molecule has 1 heterocycles. The molecule has 17 heavy (non-hydrogen) atoms. The van der Waals surface area contributed by atoms with Crippen LogP contribution in [0.1, 0.15) is 51.9 Å². The van der Waals surface area contributed by atoms with Gasteiger partial charge in [-0.3, -0.25) is 10.2 Å². The Morgan fingerprint density at radius 3 is 2.53 bits per heavy atom. The van der Waals surface area contributed by atoms with Crippen molar-refractivity contribution in [3.63, 3.8) is 0 Å². The molecule has 1 N–H and O–H groups in total. The number of rotatable bonds is 3. The van der Waals surface area contributed by atoms with Crippen molar-refractivity contribution in [2.45, 2.75) is 75.5 Å². The summed E-state index contributed by atoms with van der Waals surface area (Å²) in [4.78, 5) is 2.56. The van der Waals surface area contributed by atoms with Gasteiger partial charge in [-0.1, -0.05) is 12.8 Å². The van der Waals surface area contributed by atoms with Gasteiger partial charge in [0, 0.05) is 24.7 Å². The minimum atomic E-state index is -0.253. The minimum absolute atomic E-state index is 0.253. The Balaban J connectivity index is 1.67. The lowest BCUT2D eigenvalue weighted by Crippen LogP contribution is -2.50. The van der Waals surface area contributed by atoms with Crippen molar-refractivity contribution in [3.05, 3.63) is 0 Å². The molecule has 1 aliphatic heterocycles. The fourth-order valence-corrected chi connectivity index (χ4v) is 3.73. The number of hydrogen-bond donors (Lipinski definition) is 1. The second-order valence-corrected chi connectivity index (χ2v) is 6.28. The Hall–Kier alpha value is -0.590. The van der Waals surface area contributed by atoms with Crippen molar-refractivity contribution in [2.24, 2.45) is 0 Å². The molecule has 1 saturated heterocycles. The summed E-state index contributed by atoms with van der Waals surface area (Å²) < 4.78 is 0. The van der Waals surface area contributed by atoms with Crippen LogP contribution < -0.4 is 5.32 Å². The van der Waals surface area contributed by atoms with Gasteiger partial charge in [0.1, 0.15) is 5.54 Å². The van der Waals surface area contributed by atoms with E-state index >= 15 is 0 Å². The summed E-state index contributed by atoms with van der Waals surface area (Å²) in [5.41, 5.74) is -0.253. The molecule has 2 aliphatic carbocycles. The molecular weight excluding hydrogens is 210 g/mol. The lowest BCUT2D eigenvalue weighted by Gasteiger charge is -2.27. The van der Waals surface area contributed by atoms with E-state index in [9.17, 15) is 5.26 Å². The molecule has 0 radical (unpaired) electrons. The molecule has 0 amide bonds. The molecule has 3 heteroatoms. The zero-order valence-electron chi connectivity index (χ0n) is 10.8. The van der Waals surface area contributed by atoms with E-state index in [1.54, 1.807) is 0 Å². The van der Waals surface area contributed by atoms with Gasteiger partial charge in [0.25, 0.3) is 0 Å². The van der Waals surface area contributed by atoms with Crippen LogP contribution in [0.4, 0.5) is 0 Å². The molecule has 0 bridgehead atoms. The molecule has 94 valence electrons. The molecule has 0 aromatic heterocycles. The van der Waals surface area contributed by atoms with Crippen LogP contribution in [-0.4, -0.2) is 35.1 Å². The Morgan fingerprint density at radius 1 is 1.24 bits per heavy atom. The molecule has 3 rings (SSSR count). The first-order chi connectivity index (χ1) is 8.22. The van der Waals surface area contributed by atoms with Gasteiger partial charge in [-0.25, -0.2) is 0 Å². The highest BCUT2D eigenvalue weighted by molar-refractivity contribution is 5.17. The monoisotopic (exact) mass is 233 g/mol. The van der Waals surface area contributed by atoms with E-state index < -0.39 is 0 Å². The summed E-state index contributed by atoms with van der Waals surface area (Å²) in [5, 5.41) is 13.3. The Labute approximate surface area is 104 Å². The van der Waals surface area contributed by atoms with E-state index in [0.717, 1.165) is 19.0 Å². The second kappa shape index (κ2) is 4.26. The highest BCUT2D eigenvalue weighted by Crippen LogP contribution is 2.37. The fourth-order valence-electron chi connectivity index (χ4n) is 3.73. The van der Waals surface area contributed by atoms with Crippen molar-refractivity contribution in [2.75, 3.05) is 6.54 Å². The van der Waals surface area contributed by atoms with Gasteiger partial charge in [0.2, 0.25) is 0 Å². The molecule has 0 aromatic carbocycles. The average Bonchev–Trinajstić information content (AvgIpc) is 2.94. The maximum Gasteiger partial charge on any atom is 0.121 e. The molecule has 0 spiro atoms. The first-order valence-corrected chi connectivity index (χ1v) is 7.17. The summed E-state index contributed by atoms with van der Waals surface area (Å²) >= 11 is 0. The normalized spacial score (nSPS) is 39.6. The van der Waals surface area contributed by atoms with Crippen molar-refractivity contribution in [3.8, 4) is 6.07 Å². The Bertz CT molecular complexity index is 321. The minimum Gasteiger partial charge on any atom is -0.295 e. The highest BCUT2D eigenvalue weighted by Gasteiger charge is 2.48. The lowest BCUT2D eigenvalue weighted by molar-refractivity contribution is 0.247. The molecule has 3 aliphatic rings. The molecule has 2 unspecified atom stereocenters. The Morgan fingerprint density at radius 2 is 1.94 bits per heavy atom. The maximum absolute atomic E-state index is 9.58. The van der Waals surface area contributed by atoms with Crippen molar-refractivity contribution in [1.29, 1.82) is 5.26 Å². The number of nitrogens with one attached hydrogen (secondary N) is 1. The van der Waals surface area contributed by atoms with Crippen LogP contribution in [0, 0.1) is 11.3 Å². The highest BCUT2D eigenvalue weighted by atomic mass is 15.3. The van der Waals surface area contributed by atoms with E-state index in [0.29, 0.717) is 12.1 Å². The quantitative estimate of drug-likeness (QED) is 0.811. The predicted octanol–water partition coefficient (Wildman–Crippen LogP) is 2.04. The van der Waals surface area contributed by atoms with Gasteiger partial charge >= 0.3 is 0 Å². The van der Waals surface area contributed by atoms with Crippen LogP contribution in [0.5, 0.6) is 0 Å². The van der Waals surface area contributed by atoms with E-state index in [1.807, 2.05) is 0 Å². The van der Waals surface area contributed by atoms with Crippen LogP contribution in [0.15, 0.2) is 0 Å². The van der Waals surface area contributed by atoms with E-state index in [4.69, 9.17) is 0 Å². The number of hydrogen-bond acceptors (Lipinski definition) is 3. The van der Waals surface area contributed by atoms with Crippen LogP contribution in [0.25, 0.3) is 0 Å². The summed E-state index contributed by atoms with van der Waals surface area (Å²) in [6, 6.07) is 4.56. The van der Waals surface area contributed by atoms with Gasteiger partial charge < -0.3 is 0 Å². The summed E-state index contributed by atoms with van der Waals surface area (Å²) in [5.74, 6) is 0. The van der Waals surface area contributed by atoms with Gasteiger partial charge in [-0.05, 0) is 39.0 Å². The largest absolute Gasteiger partial charge is 0.295 e. The van der Waals surface area contributed by atoms with Crippen LogP contribution in [0.3, 0.4) is 0 Å². The number of nitriles is 1. The van der Waals surface area contributed by atoms with Gasteiger partial charge in [0.15, 0.2) is 0 Å². The first-order valence-electron chi connectivity index (χ1n) is 7.17. The van der Waals surface area contributed by atoms with Crippen LogP contribution in [-0.2, 0) is 0 Å². The second-order valence-electron chi connectivity index (χ2n) is 6.28. The molecule has 3 fully saturated rings. The summed E-state index contributed by atoms with van der Waals surface area (Å²) in [7, 11) is 0. The molecule has 0 aromatic rings. The van der Waals surface area contributed by atoms with Gasteiger partial charge in [-0.2, -0.15) is 5.26 Å². The smallest absolute Gasteiger partial charge is 0.121 e. The first kappa shape index (κ1) is 11.5. The van der Waals surface area contributed by atoms with Crippen LogP contribution in [0.2, 0.25) is 0 Å². The third-order valence-electron chi connectivity index (χ3n) is 4.73. The fraction of sp³-hybridized carbons (Fsp3) is 0.929. The molecule has 2 saturated carbocycles. The van der Waals surface area contributed by atoms with Crippen molar-refractivity contribution >= 4 is 0 Å². The third-order valence-corrected chi connectivity index (χ3v) is 4.73. The summed E-state index contributed by atoms with van der Waals surface area (Å²) in [6.45, 7) is 3.24. The standard InChI is InChI=1S/C14H23N3/c1-11-8-14(9-15,10-17(11)13-6-7-13)16-12-4-2-3-5-12/h11-13,16H,2-8,10H2,1H3. The molecule has 2 atom stereocenters. The zero-order valence-corrected chi connectivity index (χ0v) is 10.8. The maximum atomic E-state index is 9.58. The van der Waals surface area contributed by atoms with Crippen LogP contribution >= 0.6 is 0 Å². The van der Waals surface area contributed by atoms with Crippen molar-refractivity contribution in [1.82, 2.24) is 10.2 Å². The lowest BCUT2D eigenvalue weighted by atomic mass is 9.96. The number of likely N-dealkylation sites (tertiary alicyclic amines) is 1. The van der Waals surface area contributed by atoms with E-state index in [1.165, 1.54) is 38.5 Å². The van der Waals surface area contributed by atoms with E-state index in [2.05, 4.69) is 23.2 Å². The average molecular weight is 233 g/mol. The Kier molecular flexibility index (Phi) is 2.88. The summed E-state index contributed by atoms with van der Waals surface area (Å²) in [6.07, 6.45) is 8.89.